The van der Waals surface area contributed by atoms with Crippen LogP contribution in [0.15, 0.2) is 17.3 Å². The Morgan fingerprint density at radius 3 is 2.57 bits per heavy atom. The van der Waals surface area contributed by atoms with Gasteiger partial charge in [-0.25, -0.2) is 13.1 Å². The average Bonchev–Trinajstić information content (AvgIpc) is 2.86. The molecule has 0 radical (unpaired) electrons. The molecule has 1 aliphatic heterocycles. The summed E-state index contributed by atoms with van der Waals surface area (Å²) in [5.41, 5.74) is 0. The van der Waals surface area contributed by atoms with Crippen LogP contribution in [-0.4, -0.2) is 70.6 Å². The van der Waals surface area contributed by atoms with Crippen LogP contribution in [0.1, 0.15) is 6.92 Å². The first-order valence-electron chi connectivity index (χ1n) is 6.41. The van der Waals surface area contributed by atoms with E-state index >= 15 is 0 Å². The van der Waals surface area contributed by atoms with Gasteiger partial charge in [0.2, 0.25) is 0 Å². The molecule has 2 rings (SSSR count). The number of hydrogen-bond acceptors (Lipinski definition) is 7. The summed E-state index contributed by atoms with van der Waals surface area (Å²) < 4.78 is 32.9. The van der Waals surface area contributed by atoms with Crippen LogP contribution in [0.25, 0.3) is 0 Å². The lowest BCUT2D eigenvalue weighted by atomic mass is 9.96. The summed E-state index contributed by atoms with van der Waals surface area (Å²) in [5, 5.41) is 32.7. The van der Waals surface area contributed by atoms with E-state index in [0.29, 0.717) is 0 Å². The predicted octanol–water partition coefficient (Wildman–Crippen LogP) is -2.43. The molecule has 2 heterocycles. The third-order valence-electron chi connectivity index (χ3n) is 3.39. The quantitative estimate of drug-likeness (QED) is 0.484. The third-order valence-corrected chi connectivity index (χ3v) is 4.71. The minimum absolute atomic E-state index is 0.149. The second-order valence-corrected chi connectivity index (χ2v) is 6.74. The molecule has 0 amide bonds. The van der Waals surface area contributed by atoms with Crippen LogP contribution in [0.5, 0.6) is 0 Å². The Morgan fingerprint density at radius 1 is 1.33 bits per heavy atom. The van der Waals surface area contributed by atoms with Crippen LogP contribution in [0.2, 0.25) is 0 Å². The normalized spacial score (nSPS) is 34.0. The topological polar surface area (TPSA) is 134 Å². The molecule has 120 valence electrons. The van der Waals surface area contributed by atoms with Crippen molar-refractivity contribution >= 4 is 10.0 Å². The summed E-state index contributed by atoms with van der Waals surface area (Å²) >= 11 is 0. The predicted molar refractivity (Wildman–Crippen MR) is 70.8 cm³/mol. The second-order valence-electron chi connectivity index (χ2n) is 5.03. The van der Waals surface area contributed by atoms with Crippen molar-refractivity contribution in [2.45, 2.75) is 42.5 Å². The van der Waals surface area contributed by atoms with Crippen LogP contribution < -0.4 is 4.72 Å². The molecule has 1 fully saturated rings. The van der Waals surface area contributed by atoms with E-state index in [-0.39, 0.29) is 11.6 Å². The fourth-order valence-corrected chi connectivity index (χ4v) is 3.12. The van der Waals surface area contributed by atoms with Crippen LogP contribution in [0.3, 0.4) is 0 Å². The molecule has 21 heavy (non-hydrogen) atoms. The Hall–Kier alpha value is -1.04. The Kier molecular flexibility index (Phi) is 4.66. The van der Waals surface area contributed by atoms with E-state index in [4.69, 9.17) is 4.74 Å². The summed E-state index contributed by atoms with van der Waals surface area (Å²) in [6, 6.07) is 1.34. The maximum Gasteiger partial charge on any atom is 0.259 e. The number of aryl methyl sites for hydroxylation is 1. The van der Waals surface area contributed by atoms with E-state index in [0.717, 1.165) is 0 Å². The van der Waals surface area contributed by atoms with Gasteiger partial charge in [0.25, 0.3) is 10.0 Å². The van der Waals surface area contributed by atoms with Crippen molar-refractivity contribution in [2.24, 2.45) is 7.05 Å². The molecule has 1 aliphatic rings. The van der Waals surface area contributed by atoms with Gasteiger partial charge >= 0.3 is 0 Å². The van der Waals surface area contributed by atoms with Crippen molar-refractivity contribution in [2.75, 3.05) is 6.54 Å². The maximum absolute atomic E-state index is 12.0. The number of aliphatic hydroxyl groups excluding tert-OH is 3. The van der Waals surface area contributed by atoms with Gasteiger partial charge in [0, 0.05) is 19.8 Å². The fraction of sp³-hybridized carbons (Fsp3) is 0.727. The van der Waals surface area contributed by atoms with Crippen molar-refractivity contribution < 1.29 is 28.5 Å². The van der Waals surface area contributed by atoms with Crippen LogP contribution in [0, 0.1) is 0 Å². The van der Waals surface area contributed by atoms with Gasteiger partial charge in [-0.15, -0.1) is 0 Å². The molecule has 0 spiro atoms. The highest BCUT2D eigenvalue weighted by Crippen LogP contribution is 2.20. The van der Waals surface area contributed by atoms with Crippen molar-refractivity contribution in [3.8, 4) is 0 Å². The summed E-state index contributed by atoms with van der Waals surface area (Å²) in [4.78, 5) is 0. The van der Waals surface area contributed by atoms with Gasteiger partial charge in [-0.2, -0.15) is 5.10 Å². The first kappa shape index (κ1) is 16.3. The molecule has 5 unspecified atom stereocenters. The Morgan fingerprint density at radius 2 is 2.00 bits per heavy atom. The van der Waals surface area contributed by atoms with Gasteiger partial charge in [0.05, 0.1) is 6.10 Å². The van der Waals surface area contributed by atoms with E-state index in [9.17, 15) is 23.7 Å². The van der Waals surface area contributed by atoms with Gasteiger partial charge in [-0.05, 0) is 13.0 Å². The van der Waals surface area contributed by atoms with Crippen LogP contribution in [0.4, 0.5) is 0 Å². The van der Waals surface area contributed by atoms with Crippen molar-refractivity contribution in [3.63, 3.8) is 0 Å². The zero-order chi connectivity index (χ0) is 15.8. The third kappa shape index (κ3) is 3.42. The van der Waals surface area contributed by atoms with Crippen molar-refractivity contribution in [3.05, 3.63) is 12.3 Å². The van der Waals surface area contributed by atoms with Crippen LogP contribution >= 0.6 is 0 Å². The lowest BCUT2D eigenvalue weighted by Crippen LogP contribution is -2.59. The molecule has 4 N–H and O–H groups in total. The summed E-state index contributed by atoms with van der Waals surface area (Å²) in [7, 11) is -2.24. The van der Waals surface area contributed by atoms with Crippen molar-refractivity contribution in [1.29, 1.82) is 0 Å². The van der Waals surface area contributed by atoms with E-state index in [1.165, 1.54) is 23.9 Å². The molecule has 0 aliphatic carbocycles. The maximum atomic E-state index is 12.0. The molecule has 5 atom stereocenters. The number of nitrogens with zero attached hydrogens (tertiary/aromatic N) is 2. The molecule has 9 nitrogen and oxygen atoms in total. The van der Waals surface area contributed by atoms with Gasteiger partial charge in [0.15, 0.2) is 5.03 Å². The van der Waals surface area contributed by atoms with Gasteiger partial charge in [-0.1, -0.05) is 0 Å². The minimum atomic E-state index is -3.83. The molecule has 0 saturated carbocycles. The smallest absolute Gasteiger partial charge is 0.259 e. The first-order valence-corrected chi connectivity index (χ1v) is 7.89. The molecular formula is C11H19N3O6S. The number of rotatable bonds is 4. The van der Waals surface area contributed by atoms with Gasteiger partial charge in [-0.3, -0.25) is 4.68 Å². The summed E-state index contributed by atoms with van der Waals surface area (Å²) in [6.07, 6.45) is -4.18. The number of aliphatic hydroxyl groups is 3. The van der Waals surface area contributed by atoms with Gasteiger partial charge in [0.1, 0.15) is 24.4 Å². The van der Waals surface area contributed by atoms with E-state index < -0.39 is 40.5 Å². The number of nitrogens with one attached hydrogen (secondary N) is 1. The number of aromatic nitrogens is 2. The average molecular weight is 321 g/mol. The minimum Gasteiger partial charge on any atom is -0.388 e. The Labute approximate surface area is 122 Å². The molecule has 1 aromatic heterocycles. The highest BCUT2D eigenvalue weighted by molar-refractivity contribution is 7.89. The summed E-state index contributed by atoms with van der Waals surface area (Å²) in [6.45, 7) is 1.29. The number of hydrogen-bond donors (Lipinski definition) is 4. The summed E-state index contributed by atoms with van der Waals surface area (Å²) in [5.74, 6) is 0. The van der Waals surface area contributed by atoms with Crippen molar-refractivity contribution in [1.82, 2.24) is 14.5 Å². The molecule has 0 bridgehead atoms. The highest BCUT2D eigenvalue weighted by Gasteiger charge is 2.41. The molecule has 1 aromatic rings. The molecule has 1 saturated heterocycles. The van der Waals surface area contributed by atoms with Gasteiger partial charge < -0.3 is 20.1 Å². The molecule has 10 heteroatoms. The van der Waals surface area contributed by atoms with E-state index in [2.05, 4.69) is 9.82 Å². The standard InChI is InChI=1S/C11H19N3O6S/c1-6-9(15)11(17)10(16)7(20-6)5-12-21(18,19)8-3-4-14(2)13-8/h3-4,6-7,9-12,15-17H,5H2,1-2H3. The van der Waals surface area contributed by atoms with E-state index in [1.807, 2.05) is 0 Å². The monoisotopic (exact) mass is 321 g/mol. The zero-order valence-corrected chi connectivity index (χ0v) is 12.4. The lowest BCUT2D eigenvalue weighted by Gasteiger charge is -2.39. The first-order chi connectivity index (χ1) is 9.72. The molecular weight excluding hydrogens is 302 g/mol. The second kappa shape index (κ2) is 5.99. The Bertz CT molecular complexity index is 589. The SMILES string of the molecule is CC1OC(CNS(=O)(=O)c2ccn(C)n2)C(O)C(O)C1O. The van der Waals surface area contributed by atoms with E-state index in [1.54, 1.807) is 7.05 Å². The largest absolute Gasteiger partial charge is 0.388 e. The number of sulfonamides is 1. The van der Waals surface area contributed by atoms with Crippen LogP contribution in [-0.2, 0) is 21.8 Å². The number of ether oxygens (including phenoxy) is 1. The molecule has 0 aromatic carbocycles. The fourth-order valence-electron chi connectivity index (χ4n) is 2.11. The highest BCUT2D eigenvalue weighted by atomic mass is 32.2. The zero-order valence-electron chi connectivity index (χ0n) is 11.6. The Balaban J connectivity index is 2.02. The lowest BCUT2D eigenvalue weighted by molar-refractivity contribution is -0.214.